The van der Waals surface area contributed by atoms with Crippen LogP contribution in [0.1, 0.15) is 22.7 Å². The predicted molar refractivity (Wildman–Crippen MR) is 93.4 cm³/mol. The molecule has 3 aromatic heterocycles. The van der Waals surface area contributed by atoms with Gasteiger partial charge in [-0.25, -0.2) is 10.1 Å². The third-order valence-corrected chi connectivity index (χ3v) is 5.90. The quantitative estimate of drug-likeness (QED) is 0.633. The molecule has 1 amide bonds. The number of thiophene rings is 1. The molecule has 0 saturated heterocycles. The van der Waals surface area contributed by atoms with Crippen LogP contribution in [-0.2, 0) is 23.4 Å². The molecule has 0 saturated carbocycles. The van der Waals surface area contributed by atoms with E-state index in [0.717, 1.165) is 29.5 Å². The summed E-state index contributed by atoms with van der Waals surface area (Å²) in [4.78, 5) is 37.4. The lowest BCUT2D eigenvalue weighted by Gasteiger charge is -2.02. The molecular formula is C14H14N6O2S2. The molecule has 3 aromatic rings. The summed E-state index contributed by atoms with van der Waals surface area (Å²) in [5, 5.41) is 9.57. The van der Waals surface area contributed by atoms with Gasteiger partial charge in [-0.15, -0.1) is 23.1 Å². The minimum absolute atomic E-state index is 0.0684. The highest BCUT2D eigenvalue weighted by molar-refractivity contribution is 7.99. The molecule has 1 aliphatic carbocycles. The van der Waals surface area contributed by atoms with Crippen molar-refractivity contribution in [2.24, 2.45) is 0 Å². The first-order valence-electron chi connectivity index (χ1n) is 7.47. The van der Waals surface area contributed by atoms with Crippen LogP contribution in [0.25, 0.3) is 10.2 Å². The number of amides is 1. The van der Waals surface area contributed by atoms with Crippen molar-refractivity contribution < 1.29 is 4.79 Å². The first-order valence-corrected chi connectivity index (χ1v) is 9.44. The lowest BCUT2D eigenvalue weighted by Crippen LogP contribution is -2.16. The molecule has 8 nitrogen and oxygen atoms in total. The molecule has 0 unspecified atom stereocenters. The summed E-state index contributed by atoms with van der Waals surface area (Å²) in [6.07, 6.45) is 4.46. The summed E-state index contributed by atoms with van der Waals surface area (Å²) in [5.74, 6) is 1.45. The average Bonchev–Trinajstić information content (AvgIpc) is 3.23. The van der Waals surface area contributed by atoms with Crippen LogP contribution in [0, 0.1) is 0 Å². The van der Waals surface area contributed by atoms with E-state index < -0.39 is 0 Å². The van der Waals surface area contributed by atoms with E-state index in [9.17, 15) is 9.59 Å². The van der Waals surface area contributed by atoms with Crippen molar-refractivity contribution in [3.63, 3.8) is 0 Å². The van der Waals surface area contributed by atoms with Gasteiger partial charge in [0, 0.05) is 4.88 Å². The van der Waals surface area contributed by atoms with Gasteiger partial charge in [-0.2, -0.15) is 10.1 Å². The lowest BCUT2D eigenvalue weighted by molar-refractivity contribution is -0.113. The number of hydrogen-bond donors (Lipinski definition) is 3. The van der Waals surface area contributed by atoms with Gasteiger partial charge >= 0.3 is 0 Å². The molecule has 0 fully saturated rings. The number of aryl methyl sites for hydroxylation is 2. The van der Waals surface area contributed by atoms with E-state index in [1.165, 1.54) is 28.5 Å². The third-order valence-electron chi connectivity index (χ3n) is 3.77. The molecule has 24 heavy (non-hydrogen) atoms. The number of nitrogens with zero attached hydrogens (tertiary/aromatic N) is 3. The smallest absolute Gasteiger partial charge is 0.259 e. The van der Waals surface area contributed by atoms with E-state index in [1.807, 2.05) is 0 Å². The number of aromatic amines is 2. The fourth-order valence-electron chi connectivity index (χ4n) is 2.79. The van der Waals surface area contributed by atoms with Gasteiger partial charge in [0.15, 0.2) is 0 Å². The number of aromatic nitrogens is 5. The maximum atomic E-state index is 12.3. The van der Waals surface area contributed by atoms with E-state index >= 15 is 0 Å². The summed E-state index contributed by atoms with van der Waals surface area (Å²) in [7, 11) is 0. The molecule has 3 N–H and O–H groups in total. The van der Waals surface area contributed by atoms with Gasteiger partial charge in [0.2, 0.25) is 11.9 Å². The molecule has 4 rings (SSSR count). The predicted octanol–water partition coefficient (Wildman–Crippen LogP) is 1.46. The molecule has 0 aromatic carbocycles. The highest BCUT2D eigenvalue weighted by atomic mass is 32.2. The first kappa shape index (κ1) is 15.3. The van der Waals surface area contributed by atoms with Crippen LogP contribution in [0.2, 0.25) is 0 Å². The SMILES string of the molecule is O=C(CSCc1nc2sc3c(c2c(=O)[nH]1)CCC3)Nc1ncn[nH]1. The largest absolute Gasteiger partial charge is 0.309 e. The number of anilines is 1. The topological polar surface area (TPSA) is 116 Å². The van der Waals surface area contributed by atoms with E-state index in [1.54, 1.807) is 11.3 Å². The Morgan fingerprint density at radius 3 is 3.17 bits per heavy atom. The Bertz CT molecular complexity index is 946. The molecule has 124 valence electrons. The van der Waals surface area contributed by atoms with E-state index in [4.69, 9.17) is 0 Å². The Hall–Kier alpha value is -2.20. The van der Waals surface area contributed by atoms with Gasteiger partial charge in [-0.3, -0.25) is 14.9 Å². The fourth-order valence-corrected chi connectivity index (χ4v) is 4.76. The Balaban J connectivity index is 1.42. The zero-order valence-corrected chi connectivity index (χ0v) is 14.2. The third kappa shape index (κ3) is 2.94. The summed E-state index contributed by atoms with van der Waals surface area (Å²) >= 11 is 3.00. The second-order valence-electron chi connectivity index (χ2n) is 5.43. The van der Waals surface area contributed by atoms with Crippen LogP contribution < -0.4 is 10.9 Å². The monoisotopic (exact) mass is 362 g/mol. The van der Waals surface area contributed by atoms with Gasteiger partial charge in [0.05, 0.1) is 16.9 Å². The molecule has 3 heterocycles. The second kappa shape index (κ2) is 6.36. The minimum Gasteiger partial charge on any atom is -0.309 e. The standard InChI is InChI=1S/C14H14N6O2S2/c21-10(19-14-15-6-16-20-14)5-23-4-9-17-12(22)11-7-2-1-3-8(7)24-13(11)18-9/h6H,1-5H2,(H,17,18,22)(H2,15,16,19,20,21). The summed E-state index contributed by atoms with van der Waals surface area (Å²) in [6.45, 7) is 0. The van der Waals surface area contributed by atoms with Crippen LogP contribution in [0.4, 0.5) is 5.95 Å². The second-order valence-corrected chi connectivity index (χ2v) is 7.49. The molecule has 10 heteroatoms. The number of thioether (sulfide) groups is 1. The molecule has 1 aliphatic rings. The maximum Gasteiger partial charge on any atom is 0.259 e. The number of hydrogen-bond acceptors (Lipinski definition) is 7. The van der Waals surface area contributed by atoms with E-state index in [0.29, 0.717) is 17.5 Å². The Labute approximate surface area is 144 Å². The normalized spacial score (nSPS) is 13.3. The maximum absolute atomic E-state index is 12.3. The number of nitrogens with one attached hydrogen (secondary N) is 3. The minimum atomic E-state index is -0.185. The number of fused-ring (bicyclic) bond motifs is 3. The van der Waals surface area contributed by atoms with Gasteiger partial charge in [0.1, 0.15) is 17.0 Å². The van der Waals surface area contributed by atoms with Crippen LogP contribution in [0.3, 0.4) is 0 Å². The molecule has 0 radical (unpaired) electrons. The van der Waals surface area contributed by atoms with Crippen LogP contribution >= 0.6 is 23.1 Å². The number of H-pyrrole nitrogens is 2. The van der Waals surface area contributed by atoms with Crippen LogP contribution in [-0.4, -0.2) is 36.8 Å². The summed E-state index contributed by atoms with van der Waals surface area (Å²) in [6, 6.07) is 0. The van der Waals surface area contributed by atoms with Crippen molar-refractivity contribution in [1.29, 1.82) is 0 Å². The lowest BCUT2D eigenvalue weighted by atomic mass is 10.2. The van der Waals surface area contributed by atoms with Crippen LogP contribution in [0.15, 0.2) is 11.1 Å². The molecule has 0 bridgehead atoms. The number of rotatable bonds is 5. The highest BCUT2D eigenvalue weighted by Gasteiger charge is 2.21. The van der Waals surface area contributed by atoms with E-state index in [-0.39, 0.29) is 17.2 Å². The summed E-state index contributed by atoms with van der Waals surface area (Å²) in [5.41, 5.74) is 1.11. The van der Waals surface area contributed by atoms with E-state index in [2.05, 4.69) is 30.5 Å². The molecule has 0 spiro atoms. The van der Waals surface area contributed by atoms with Gasteiger partial charge in [-0.1, -0.05) is 0 Å². The van der Waals surface area contributed by atoms with Crippen molar-refractivity contribution in [1.82, 2.24) is 25.1 Å². The van der Waals surface area contributed by atoms with Crippen molar-refractivity contribution in [3.8, 4) is 0 Å². The van der Waals surface area contributed by atoms with Gasteiger partial charge in [-0.05, 0) is 24.8 Å². The molecular weight excluding hydrogens is 348 g/mol. The molecule has 0 aliphatic heterocycles. The van der Waals surface area contributed by atoms with Crippen molar-refractivity contribution >= 4 is 45.2 Å². The summed E-state index contributed by atoms with van der Waals surface area (Å²) < 4.78 is 0. The van der Waals surface area contributed by atoms with Gasteiger partial charge in [0.25, 0.3) is 5.56 Å². The van der Waals surface area contributed by atoms with Gasteiger partial charge < -0.3 is 4.98 Å². The zero-order valence-electron chi connectivity index (χ0n) is 12.6. The van der Waals surface area contributed by atoms with Crippen molar-refractivity contribution in [2.45, 2.75) is 25.0 Å². The van der Waals surface area contributed by atoms with Crippen molar-refractivity contribution in [3.05, 3.63) is 32.9 Å². The first-order chi connectivity index (χ1) is 11.7. The fraction of sp³-hybridized carbons (Fsp3) is 0.357. The Morgan fingerprint density at radius 1 is 1.42 bits per heavy atom. The number of carbonyl (C=O) groups is 1. The molecule has 0 atom stereocenters. The Kier molecular flexibility index (Phi) is 4.07. The van der Waals surface area contributed by atoms with Crippen LogP contribution in [0.5, 0.6) is 0 Å². The highest BCUT2D eigenvalue weighted by Crippen LogP contribution is 2.34. The van der Waals surface area contributed by atoms with Crippen molar-refractivity contribution in [2.75, 3.05) is 11.1 Å². The zero-order chi connectivity index (χ0) is 16.5. The average molecular weight is 362 g/mol. The number of carbonyl (C=O) groups excluding carboxylic acids is 1. The Morgan fingerprint density at radius 2 is 2.33 bits per heavy atom.